The number of piperidine rings is 1. The van der Waals surface area contributed by atoms with Crippen LogP contribution in [0.2, 0.25) is 0 Å². The van der Waals surface area contributed by atoms with Crippen LogP contribution in [0.4, 0.5) is 0 Å². The Morgan fingerprint density at radius 1 is 1.06 bits per heavy atom. The van der Waals surface area contributed by atoms with Crippen LogP contribution in [0.5, 0.6) is 0 Å². The van der Waals surface area contributed by atoms with E-state index in [1.807, 2.05) is 6.07 Å². The molecule has 1 aromatic heterocycles. The summed E-state index contributed by atoms with van der Waals surface area (Å²) in [7, 11) is 0. The first-order valence-corrected chi connectivity index (χ1v) is 12.1. The van der Waals surface area contributed by atoms with Gasteiger partial charge in [-0.1, -0.05) is 36.3 Å². The Hall–Kier alpha value is -2.38. The van der Waals surface area contributed by atoms with E-state index in [1.165, 1.54) is 37.1 Å². The third-order valence-corrected chi connectivity index (χ3v) is 6.54. The number of hydrogen-bond acceptors (Lipinski definition) is 5. The molecule has 0 spiro atoms. The van der Waals surface area contributed by atoms with Crippen LogP contribution in [0.3, 0.4) is 0 Å². The lowest BCUT2D eigenvalue weighted by Crippen LogP contribution is -2.52. The Kier molecular flexibility index (Phi) is 8.18. The van der Waals surface area contributed by atoms with Crippen molar-refractivity contribution in [3.05, 3.63) is 53.4 Å². The van der Waals surface area contributed by atoms with Crippen LogP contribution >= 0.6 is 0 Å². The van der Waals surface area contributed by atoms with Gasteiger partial charge in [0.05, 0.1) is 12.2 Å². The summed E-state index contributed by atoms with van der Waals surface area (Å²) in [6, 6.07) is 10.8. The maximum absolute atomic E-state index is 5.04. The van der Waals surface area contributed by atoms with Gasteiger partial charge in [-0.2, -0.15) is 0 Å². The molecule has 0 radical (unpaired) electrons. The van der Waals surface area contributed by atoms with Crippen molar-refractivity contribution in [3.63, 3.8) is 0 Å². The molecule has 1 N–H and O–H groups in total. The van der Waals surface area contributed by atoms with Crippen molar-refractivity contribution in [3.8, 4) is 0 Å². The number of nitrogens with one attached hydrogen (secondary N) is 1. The summed E-state index contributed by atoms with van der Waals surface area (Å²) < 4.78 is 4.96. The Morgan fingerprint density at radius 2 is 1.88 bits per heavy atom. The van der Waals surface area contributed by atoms with E-state index in [0.717, 1.165) is 69.9 Å². The highest BCUT2D eigenvalue weighted by atomic mass is 16.5. The third-order valence-electron chi connectivity index (χ3n) is 6.54. The molecule has 2 aliphatic rings. The number of aromatic nitrogens is 1. The maximum Gasteiger partial charge on any atom is 0.194 e. The monoisotopic (exact) mass is 438 g/mol. The normalized spacial score (nSPS) is 21.1. The summed E-state index contributed by atoms with van der Waals surface area (Å²) in [6.45, 7) is 14.4. The van der Waals surface area contributed by atoms with Crippen molar-refractivity contribution in [2.45, 2.75) is 46.3 Å². The smallest absolute Gasteiger partial charge is 0.194 e. The second-order valence-corrected chi connectivity index (χ2v) is 9.18. The van der Waals surface area contributed by atoms with E-state index >= 15 is 0 Å². The van der Waals surface area contributed by atoms with Gasteiger partial charge < -0.3 is 14.7 Å². The predicted molar refractivity (Wildman–Crippen MR) is 128 cm³/mol. The van der Waals surface area contributed by atoms with E-state index in [9.17, 15) is 0 Å². The predicted octanol–water partition coefficient (Wildman–Crippen LogP) is 3.19. The molecule has 1 aromatic carbocycles. The second-order valence-electron chi connectivity index (χ2n) is 9.18. The highest BCUT2D eigenvalue weighted by Crippen LogP contribution is 2.20. The van der Waals surface area contributed by atoms with E-state index in [-0.39, 0.29) is 0 Å². The van der Waals surface area contributed by atoms with Gasteiger partial charge in [-0.05, 0) is 43.4 Å². The van der Waals surface area contributed by atoms with Gasteiger partial charge in [-0.3, -0.25) is 9.80 Å². The number of hydrogen-bond donors (Lipinski definition) is 1. The first-order valence-electron chi connectivity index (χ1n) is 12.1. The fourth-order valence-corrected chi connectivity index (χ4v) is 4.79. The molecule has 2 aromatic rings. The molecular weight excluding hydrogens is 400 g/mol. The average Bonchev–Trinajstić information content (AvgIpc) is 3.31. The molecule has 0 bridgehead atoms. The van der Waals surface area contributed by atoms with Crippen molar-refractivity contribution in [2.75, 3.05) is 45.8 Å². The van der Waals surface area contributed by atoms with Crippen LogP contribution in [0.15, 0.2) is 46.1 Å². The number of nitrogens with zero attached hydrogens (tertiary/aromatic N) is 5. The number of aliphatic imine (C=N–C) groups is 1. The number of rotatable bonds is 7. The first kappa shape index (κ1) is 22.8. The number of guanidine groups is 1. The van der Waals surface area contributed by atoms with E-state index < -0.39 is 0 Å². The molecule has 0 aliphatic carbocycles. The molecule has 174 valence electrons. The third kappa shape index (κ3) is 6.33. The van der Waals surface area contributed by atoms with Crippen molar-refractivity contribution in [2.24, 2.45) is 10.9 Å². The zero-order chi connectivity index (χ0) is 22.2. The van der Waals surface area contributed by atoms with Gasteiger partial charge >= 0.3 is 0 Å². The van der Waals surface area contributed by atoms with Crippen LogP contribution in [0, 0.1) is 5.92 Å². The quantitative estimate of drug-likeness (QED) is 0.529. The lowest BCUT2D eigenvalue weighted by Gasteiger charge is -2.36. The molecule has 2 saturated heterocycles. The first-order chi connectivity index (χ1) is 15.7. The standard InChI is InChI=1S/C25H38N6O/c1-3-26-25(31-14-12-29(13-15-31)20-24-10-16-32-28-24)27-17-22-8-4-5-9-23(22)19-30-11-6-7-21(2)18-30/h4-5,8-10,16,21H,3,6-7,11-15,17-20H2,1-2H3,(H,26,27). The van der Waals surface area contributed by atoms with E-state index in [2.05, 4.69) is 63.3 Å². The molecule has 1 atom stereocenters. The molecule has 3 heterocycles. The highest BCUT2D eigenvalue weighted by Gasteiger charge is 2.21. The van der Waals surface area contributed by atoms with Crippen LogP contribution in [0.25, 0.3) is 0 Å². The Bertz CT molecular complexity index is 844. The molecule has 2 fully saturated rings. The fraction of sp³-hybridized carbons (Fsp3) is 0.600. The molecule has 32 heavy (non-hydrogen) atoms. The molecule has 7 nitrogen and oxygen atoms in total. The van der Waals surface area contributed by atoms with Gasteiger partial charge in [0.25, 0.3) is 0 Å². The molecule has 7 heteroatoms. The zero-order valence-electron chi connectivity index (χ0n) is 19.7. The van der Waals surface area contributed by atoms with Gasteiger partial charge in [0.1, 0.15) is 6.26 Å². The maximum atomic E-state index is 5.04. The van der Waals surface area contributed by atoms with Gasteiger partial charge in [-0.25, -0.2) is 4.99 Å². The van der Waals surface area contributed by atoms with Gasteiger partial charge in [0, 0.05) is 58.4 Å². The lowest BCUT2D eigenvalue weighted by atomic mass is 9.99. The summed E-state index contributed by atoms with van der Waals surface area (Å²) in [5.74, 6) is 1.83. The largest absolute Gasteiger partial charge is 0.364 e. The van der Waals surface area contributed by atoms with Gasteiger partial charge in [0.2, 0.25) is 0 Å². The minimum atomic E-state index is 0.723. The summed E-state index contributed by atoms with van der Waals surface area (Å²) in [5.41, 5.74) is 3.75. The van der Waals surface area contributed by atoms with Crippen molar-refractivity contribution in [1.82, 2.24) is 25.2 Å². The van der Waals surface area contributed by atoms with Gasteiger partial charge in [-0.15, -0.1) is 0 Å². The van der Waals surface area contributed by atoms with Crippen molar-refractivity contribution >= 4 is 5.96 Å². The zero-order valence-corrected chi connectivity index (χ0v) is 19.7. The molecule has 4 rings (SSSR count). The Balaban J connectivity index is 1.36. The Labute approximate surface area is 192 Å². The number of piperazine rings is 1. The molecule has 0 amide bonds. The van der Waals surface area contributed by atoms with Gasteiger partial charge in [0.15, 0.2) is 5.96 Å². The SMILES string of the molecule is CCNC(=NCc1ccccc1CN1CCCC(C)C1)N1CCN(Cc2ccon2)CC1. The molecule has 0 saturated carbocycles. The minimum Gasteiger partial charge on any atom is -0.364 e. The number of likely N-dealkylation sites (tertiary alicyclic amines) is 1. The van der Waals surface area contributed by atoms with Crippen molar-refractivity contribution in [1.29, 1.82) is 0 Å². The Morgan fingerprint density at radius 3 is 2.59 bits per heavy atom. The summed E-state index contributed by atoms with van der Waals surface area (Å²) in [5, 5.41) is 7.55. The summed E-state index contributed by atoms with van der Waals surface area (Å²) in [4.78, 5) is 12.5. The fourth-order valence-electron chi connectivity index (χ4n) is 4.79. The second kappa shape index (κ2) is 11.5. The average molecular weight is 439 g/mol. The summed E-state index contributed by atoms with van der Waals surface area (Å²) in [6.07, 6.45) is 4.32. The molecular formula is C25H38N6O. The molecule has 2 aliphatic heterocycles. The van der Waals surface area contributed by atoms with Crippen molar-refractivity contribution < 1.29 is 4.52 Å². The number of benzene rings is 1. The van der Waals surface area contributed by atoms with E-state index in [1.54, 1.807) is 6.26 Å². The van der Waals surface area contributed by atoms with Crippen LogP contribution < -0.4 is 5.32 Å². The van der Waals surface area contributed by atoms with E-state index in [0.29, 0.717) is 0 Å². The van der Waals surface area contributed by atoms with Crippen LogP contribution in [-0.2, 0) is 19.6 Å². The van der Waals surface area contributed by atoms with E-state index in [4.69, 9.17) is 9.52 Å². The van der Waals surface area contributed by atoms with Crippen LogP contribution in [-0.4, -0.2) is 71.6 Å². The van der Waals surface area contributed by atoms with Crippen LogP contribution in [0.1, 0.15) is 43.5 Å². The molecule has 1 unspecified atom stereocenters. The topological polar surface area (TPSA) is 60.1 Å². The highest BCUT2D eigenvalue weighted by molar-refractivity contribution is 5.80. The summed E-state index contributed by atoms with van der Waals surface area (Å²) >= 11 is 0. The minimum absolute atomic E-state index is 0.723. The lowest BCUT2D eigenvalue weighted by molar-refractivity contribution is 0.169.